The van der Waals surface area contributed by atoms with Gasteiger partial charge in [-0.1, -0.05) is 19.1 Å². The molecular formula is C27H31FN6O3. The molecule has 10 heteroatoms. The van der Waals surface area contributed by atoms with E-state index in [9.17, 15) is 9.18 Å². The van der Waals surface area contributed by atoms with Gasteiger partial charge in [0, 0.05) is 36.2 Å². The number of ether oxygens (including phenoxy) is 2. The van der Waals surface area contributed by atoms with Gasteiger partial charge in [-0.15, -0.1) is 5.10 Å². The van der Waals surface area contributed by atoms with E-state index in [1.807, 2.05) is 28.9 Å². The van der Waals surface area contributed by atoms with Gasteiger partial charge in [0.05, 0.1) is 25.8 Å². The standard InChI is InChI=1S/C27H31FN6O3/c1-3-25(26-30-31-32-34(26)17-23-5-4-12-37-23)33(15-18-6-8-21(28)9-7-18)16-20-13-19-14-22(36-2)10-11-24(19)29-27(20)35/h6-11,13-14,23,25H,3-5,12,15-17H2,1-2H3,(H,29,35)/t23-,25+/m0/s1. The number of fused-ring (bicyclic) bond motifs is 1. The summed E-state index contributed by atoms with van der Waals surface area (Å²) in [5.74, 6) is 1.15. The summed E-state index contributed by atoms with van der Waals surface area (Å²) >= 11 is 0. The number of hydrogen-bond acceptors (Lipinski definition) is 7. The van der Waals surface area contributed by atoms with Crippen LogP contribution in [0.3, 0.4) is 0 Å². The number of nitrogens with one attached hydrogen (secondary N) is 1. The van der Waals surface area contributed by atoms with Crippen molar-refractivity contribution < 1.29 is 13.9 Å². The van der Waals surface area contributed by atoms with Crippen molar-refractivity contribution in [1.82, 2.24) is 30.1 Å². The Labute approximate surface area is 214 Å². The van der Waals surface area contributed by atoms with Gasteiger partial charge in [-0.3, -0.25) is 9.69 Å². The third-order valence-electron chi connectivity index (χ3n) is 6.89. The fraction of sp³-hybridized carbons (Fsp3) is 0.407. The number of rotatable bonds is 10. The molecule has 37 heavy (non-hydrogen) atoms. The second-order valence-corrected chi connectivity index (χ2v) is 9.39. The first-order chi connectivity index (χ1) is 18.0. The topological polar surface area (TPSA) is 98.2 Å². The van der Waals surface area contributed by atoms with E-state index in [1.165, 1.54) is 12.1 Å². The number of halogens is 1. The quantitative estimate of drug-likeness (QED) is 0.347. The molecule has 9 nitrogen and oxygen atoms in total. The Morgan fingerprint density at radius 2 is 2.05 bits per heavy atom. The highest BCUT2D eigenvalue weighted by atomic mass is 19.1. The predicted octanol–water partition coefficient (Wildman–Crippen LogP) is 3.99. The van der Waals surface area contributed by atoms with Gasteiger partial charge >= 0.3 is 0 Å². The molecule has 1 N–H and O–H groups in total. The van der Waals surface area contributed by atoms with Crippen molar-refractivity contribution in [3.05, 3.63) is 81.7 Å². The van der Waals surface area contributed by atoms with Gasteiger partial charge < -0.3 is 14.5 Å². The van der Waals surface area contributed by atoms with Gasteiger partial charge in [-0.25, -0.2) is 9.07 Å². The summed E-state index contributed by atoms with van der Waals surface area (Å²) in [6, 6.07) is 13.7. The summed E-state index contributed by atoms with van der Waals surface area (Å²) in [5, 5.41) is 13.5. The molecule has 1 fully saturated rings. The van der Waals surface area contributed by atoms with Gasteiger partial charge in [0.2, 0.25) is 0 Å². The van der Waals surface area contributed by atoms with Crippen LogP contribution in [-0.4, -0.2) is 49.9 Å². The Hall–Kier alpha value is -3.63. The van der Waals surface area contributed by atoms with Crippen molar-refractivity contribution in [2.75, 3.05) is 13.7 Å². The molecule has 0 saturated carbocycles. The number of aromatic nitrogens is 5. The van der Waals surface area contributed by atoms with E-state index in [0.717, 1.165) is 41.7 Å². The van der Waals surface area contributed by atoms with Gasteiger partial charge in [0.15, 0.2) is 5.82 Å². The molecule has 1 aliphatic rings. The van der Waals surface area contributed by atoms with Crippen molar-refractivity contribution in [3.63, 3.8) is 0 Å². The van der Waals surface area contributed by atoms with E-state index < -0.39 is 0 Å². The third kappa shape index (κ3) is 5.70. The lowest BCUT2D eigenvalue weighted by Crippen LogP contribution is -2.33. The molecular weight excluding hydrogens is 475 g/mol. The highest BCUT2D eigenvalue weighted by Crippen LogP contribution is 2.28. The van der Waals surface area contributed by atoms with Crippen LogP contribution >= 0.6 is 0 Å². The van der Waals surface area contributed by atoms with Crippen molar-refractivity contribution in [1.29, 1.82) is 0 Å². The molecule has 3 heterocycles. The predicted molar refractivity (Wildman–Crippen MR) is 137 cm³/mol. The molecule has 0 aliphatic carbocycles. The molecule has 1 saturated heterocycles. The number of aromatic amines is 1. The summed E-state index contributed by atoms with van der Waals surface area (Å²) in [6.07, 6.45) is 2.81. The Bertz CT molecular complexity index is 1400. The highest BCUT2D eigenvalue weighted by molar-refractivity contribution is 5.80. The minimum atomic E-state index is -0.289. The molecule has 1 aliphatic heterocycles. The van der Waals surface area contributed by atoms with Crippen LogP contribution in [0.25, 0.3) is 10.9 Å². The fourth-order valence-corrected chi connectivity index (χ4v) is 4.96. The van der Waals surface area contributed by atoms with E-state index in [2.05, 4.69) is 32.3 Å². The van der Waals surface area contributed by atoms with Gasteiger partial charge in [-0.05, 0) is 71.7 Å². The van der Waals surface area contributed by atoms with Crippen molar-refractivity contribution in [3.8, 4) is 5.75 Å². The number of nitrogens with zero attached hydrogens (tertiary/aromatic N) is 5. The minimum Gasteiger partial charge on any atom is -0.497 e. The Kier molecular flexibility index (Phi) is 7.57. The number of pyridine rings is 1. The molecule has 194 valence electrons. The number of methoxy groups -OCH3 is 1. The van der Waals surface area contributed by atoms with E-state index in [1.54, 1.807) is 19.2 Å². The first kappa shape index (κ1) is 25.0. The Morgan fingerprint density at radius 1 is 1.22 bits per heavy atom. The van der Waals surface area contributed by atoms with Gasteiger partial charge in [0.1, 0.15) is 11.6 Å². The highest BCUT2D eigenvalue weighted by Gasteiger charge is 2.28. The first-order valence-corrected chi connectivity index (χ1v) is 12.6. The molecule has 5 rings (SSSR count). The van der Waals surface area contributed by atoms with Gasteiger partial charge in [-0.2, -0.15) is 0 Å². The normalized spacial score (nSPS) is 16.5. The van der Waals surface area contributed by atoms with Crippen LogP contribution in [-0.2, 0) is 24.4 Å². The van der Waals surface area contributed by atoms with Gasteiger partial charge in [0.25, 0.3) is 5.56 Å². The summed E-state index contributed by atoms with van der Waals surface area (Å²) in [6.45, 7) is 4.25. The van der Waals surface area contributed by atoms with Crippen molar-refractivity contribution in [2.24, 2.45) is 0 Å². The smallest absolute Gasteiger partial charge is 0.252 e. The van der Waals surface area contributed by atoms with E-state index in [0.29, 0.717) is 37.4 Å². The van der Waals surface area contributed by atoms with Crippen LogP contribution in [0.4, 0.5) is 4.39 Å². The van der Waals surface area contributed by atoms with Crippen molar-refractivity contribution >= 4 is 10.9 Å². The van der Waals surface area contributed by atoms with Crippen LogP contribution < -0.4 is 10.3 Å². The first-order valence-electron chi connectivity index (χ1n) is 12.6. The monoisotopic (exact) mass is 506 g/mol. The molecule has 0 bridgehead atoms. The molecule has 0 radical (unpaired) electrons. The summed E-state index contributed by atoms with van der Waals surface area (Å²) < 4.78 is 26.6. The third-order valence-corrected chi connectivity index (χ3v) is 6.89. The average Bonchev–Trinajstić information content (AvgIpc) is 3.59. The van der Waals surface area contributed by atoms with Crippen LogP contribution in [0, 0.1) is 5.82 Å². The van der Waals surface area contributed by atoms with E-state index in [4.69, 9.17) is 9.47 Å². The number of tetrazole rings is 1. The second kappa shape index (κ2) is 11.2. The fourth-order valence-electron chi connectivity index (χ4n) is 4.96. The second-order valence-electron chi connectivity index (χ2n) is 9.39. The van der Waals surface area contributed by atoms with Crippen LogP contribution in [0.2, 0.25) is 0 Å². The Morgan fingerprint density at radius 3 is 2.78 bits per heavy atom. The summed E-state index contributed by atoms with van der Waals surface area (Å²) in [5.41, 5.74) is 2.12. The summed E-state index contributed by atoms with van der Waals surface area (Å²) in [7, 11) is 1.62. The maximum atomic E-state index is 13.6. The minimum absolute atomic E-state index is 0.0867. The zero-order chi connectivity index (χ0) is 25.8. The zero-order valence-electron chi connectivity index (χ0n) is 21.1. The van der Waals surface area contributed by atoms with Crippen LogP contribution in [0.15, 0.2) is 53.3 Å². The molecule has 2 aromatic carbocycles. The molecule has 4 aromatic rings. The molecule has 2 aromatic heterocycles. The summed E-state index contributed by atoms with van der Waals surface area (Å²) in [4.78, 5) is 18.2. The lowest BCUT2D eigenvalue weighted by molar-refractivity contribution is 0.0888. The van der Waals surface area contributed by atoms with Crippen LogP contribution in [0.1, 0.15) is 49.2 Å². The lowest BCUT2D eigenvalue weighted by Gasteiger charge is -2.30. The number of hydrogen-bond donors (Lipinski definition) is 1. The maximum Gasteiger partial charge on any atom is 0.252 e. The SMILES string of the molecule is CC[C@H](c1nnnn1C[C@@H]1CCCO1)N(Cc1ccc(F)cc1)Cc1cc2cc(OC)ccc2[nH]c1=O. The van der Waals surface area contributed by atoms with E-state index in [-0.39, 0.29) is 23.5 Å². The average molecular weight is 507 g/mol. The number of H-pyrrole nitrogens is 1. The maximum absolute atomic E-state index is 13.6. The molecule has 0 amide bonds. The largest absolute Gasteiger partial charge is 0.497 e. The van der Waals surface area contributed by atoms with Crippen molar-refractivity contribution in [2.45, 2.75) is 58.0 Å². The van der Waals surface area contributed by atoms with Crippen LogP contribution in [0.5, 0.6) is 5.75 Å². The Balaban J connectivity index is 1.50. The van der Waals surface area contributed by atoms with E-state index >= 15 is 0 Å². The lowest BCUT2D eigenvalue weighted by atomic mass is 10.1. The molecule has 2 atom stereocenters. The molecule has 0 unspecified atom stereocenters. The molecule has 0 spiro atoms. The number of benzene rings is 2. The zero-order valence-corrected chi connectivity index (χ0v) is 21.1.